The molecule has 0 radical (unpaired) electrons. The molecular weight excluding hydrogens is 396 g/mol. The van der Waals surface area contributed by atoms with E-state index in [4.69, 9.17) is 4.52 Å². The van der Waals surface area contributed by atoms with Gasteiger partial charge >= 0.3 is 0 Å². The zero-order valence-electron chi connectivity index (χ0n) is 17.3. The highest BCUT2D eigenvalue weighted by Crippen LogP contribution is 2.30. The maximum absolute atomic E-state index is 5.43. The molecule has 0 aliphatic rings. The Hall–Kier alpha value is -3.00. The molecule has 1 aromatic carbocycles. The third kappa shape index (κ3) is 4.59. The van der Waals surface area contributed by atoms with Gasteiger partial charge in [0.2, 0.25) is 5.89 Å². The summed E-state index contributed by atoms with van der Waals surface area (Å²) in [6, 6.07) is 12.1. The minimum absolute atomic E-state index is 0.537. The molecule has 8 heteroatoms. The second kappa shape index (κ2) is 9.21. The lowest BCUT2D eigenvalue weighted by molar-refractivity contribution is 0.383. The van der Waals surface area contributed by atoms with Crippen LogP contribution >= 0.6 is 11.8 Å². The Morgan fingerprint density at radius 1 is 1.07 bits per heavy atom. The third-order valence-electron chi connectivity index (χ3n) is 4.71. The topological polar surface area (TPSA) is 82.5 Å². The molecule has 0 saturated heterocycles. The molecule has 4 rings (SSSR count). The molecule has 0 fully saturated rings. The van der Waals surface area contributed by atoms with Gasteiger partial charge < -0.3 is 4.52 Å². The van der Waals surface area contributed by atoms with Crippen molar-refractivity contribution in [3.05, 3.63) is 66.1 Å². The van der Waals surface area contributed by atoms with Crippen LogP contribution in [0, 0.1) is 12.8 Å². The normalized spacial score (nSPS) is 11.3. The molecule has 0 saturated carbocycles. The summed E-state index contributed by atoms with van der Waals surface area (Å²) in [4.78, 5) is 8.63. The summed E-state index contributed by atoms with van der Waals surface area (Å²) < 4.78 is 7.51. The average molecular weight is 421 g/mol. The van der Waals surface area contributed by atoms with E-state index < -0.39 is 0 Å². The summed E-state index contributed by atoms with van der Waals surface area (Å²) in [6.07, 6.45) is 5.40. The van der Waals surface area contributed by atoms with Gasteiger partial charge in [0.05, 0.1) is 11.4 Å². The van der Waals surface area contributed by atoms with Gasteiger partial charge in [-0.1, -0.05) is 49.0 Å². The van der Waals surface area contributed by atoms with Crippen LogP contribution in [-0.2, 0) is 12.2 Å². The number of benzene rings is 1. The van der Waals surface area contributed by atoms with Gasteiger partial charge in [0.1, 0.15) is 0 Å². The Balaban J connectivity index is 1.61. The summed E-state index contributed by atoms with van der Waals surface area (Å²) in [5, 5.41) is 13.8. The summed E-state index contributed by atoms with van der Waals surface area (Å²) >= 11 is 1.53. The van der Waals surface area contributed by atoms with Crippen molar-refractivity contribution in [3.63, 3.8) is 0 Å². The first-order chi connectivity index (χ1) is 14.6. The summed E-state index contributed by atoms with van der Waals surface area (Å²) in [5.74, 6) is 3.29. The SMILES string of the molecule is Cc1ccccc1-n1c(SCc2nc(CCC(C)C)no2)nnc1-c1ccncc1. The minimum Gasteiger partial charge on any atom is -0.338 e. The fraction of sp³-hybridized carbons (Fsp3) is 0.318. The van der Waals surface area contributed by atoms with Crippen molar-refractivity contribution < 1.29 is 4.52 Å². The predicted molar refractivity (Wildman–Crippen MR) is 116 cm³/mol. The maximum atomic E-state index is 5.43. The van der Waals surface area contributed by atoms with Crippen molar-refractivity contribution in [1.29, 1.82) is 0 Å². The standard InChI is InChI=1S/C22H24N6OS/c1-15(2)8-9-19-24-20(29-27-19)14-30-22-26-25-21(17-10-12-23-13-11-17)28(22)18-7-5-4-6-16(18)3/h4-7,10-13,15H,8-9,14H2,1-3H3. The quantitative estimate of drug-likeness (QED) is 0.375. The van der Waals surface area contributed by atoms with E-state index in [-0.39, 0.29) is 0 Å². The fourth-order valence-corrected chi connectivity index (χ4v) is 3.86. The fourth-order valence-electron chi connectivity index (χ4n) is 3.08. The molecule has 3 heterocycles. The van der Waals surface area contributed by atoms with Crippen molar-refractivity contribution in [2.45, 2.75) is 44.5 Å². The van der Waals surface area contributed by atoms with Gasteiger partial charge in [0.15, 0.2) is 16.8 Å². The van der Waals surface area contributed by atoms with Crippen LogP contribution < -0.4 is 0 Å². The lowest BCUT2D eigenvalue weighted by atomic mass is 10.1. The van der Waals surface area contributed by atoms with Crippen LogP contribution in [0.25, 0.3) is 17.1 Å². The lowest BCUT2D eigenvalue weighted by Crippen LogP contribution is -2.02. The number of hydrogen-bond donors (Lipinski definition) is 0. The number of para-hydroxylation sites is 1. The molecule has 4 aromatic rings. The van der Waals surface area contributed by atoms with Crippen LogP contribution in [-0.4, -0.2) is 29.9 Å². The van der Waals surface area contributed by atoms with Gasteiger partial charge in [0, 0.05) is 24.4 Å². The molecule has 7 nitrogen and oxygen atoms in total. The number of aryl methyl sites for hydroxylation is 2. The summed E-state index contributed by atoms with van der Waals surface area (Å²) in [6.45, 7) is 6.46. The highest BCUT2D eigenvalue weighted by molar-refractivity contribution is 7.98. The molecule has 0 atom stereocenters. The van der Waals surface area contributed by atoms with Crippen molar-refractivity contribution >= 4 is 11.8 Å². The summed E-state index contributed by atoms with van der Waals surface area (Å²) in [5.41, 5.74) is 3.14. The Bertz CT molecular complexity index is 1110. The van der Waals surface area contributed by atoms with Crippen LogP contribution in [0.2, 0.25) is 0 Å². The molecule has 0 unspecified atom stereocenters. The van der Waals surface area contributed by atoms with E-state index >= 15 is 0 Å². The van der Waals surface area contributed by atoms with Gasteiger partial charge in [-0.25, -0.2) is 0 Å². The monoisotopic (exact) mass is 420 g/mol. The largest absolute Gasteiger partial charge is 0.338 e. The highest BCUT2D eigenvalue weighted by Gasteiger charge is 2.18. The Kier molecular flexibility index (Phi) is 6.23. The van der Waals surface area contributed by atoms with Crippen LogP contribution in [0.1, 0.15) is 37.5 Å². The second-order valence-corrected chi connectivity index (χ2v) is 8.43. The smallest absolute Gasteiger partial charge is 0.237 e. The van der Waals surface area contributed by atoms with Crippen LogP contribution in [0.5, 0.6) is 0 Å². The van der Waals surface area contributed by atoms with Crippen molar-refractivity contribution in [1.82, 2.24) is 29.9 Å². The summed E-state index contributed by atoms with van der Waals surface area (Å²) in [7, 11) is 0. The van der Waals surface area contributed by atoms with Crippen LogP contribution in [0.3, 0.4) is 0 Å². The molecule has 30 heavy (non-hydrogen) atoms. The Morgan fingerprint density at radius 2 is 1.87 bits per heavy atom. The van der Waals surface area contributed by atoms with Crippen LogP contribution in [0.4, 0.5) is 0 Å². The second-order valence-electron chi connectivity index (χ2n) is 7.49. The number of aromatic nitrogens is 6. The number of pyridine rings is 1. The van der Waals surface area contributed by atoms with Crippen molar-refractivity contribution in [2.24, 2.45) is 5.92 Å². The Morgan fingerprint density at radius 3 is 2.63 bits per heavy atom. The number of thioether (sulfide) groups is 1. The zero-order chi connectivity index (χ0) is 20.9. The first-order valence-corrected chi connectivity index (χ1v) is 11.0. The van der Waals surface area contributed by atoms with Gasteiger partial charge in [-0.3, -0.25) is 9.55 Å². The molecule has 154 valence electrons. The molecule has 0 amide bonds. The molecule has 0 aliphatic heterocycles. The number of nitrogens with zero attached hydrogens (tertiary/aromatic N) is 6. The first-order valence-electron chi connectivity index (χ1n) is 9.98. The molecule has 0 bridgehead atoms. The average Bonchev–Trinajstić information content (AvgIpc) is 3.38. The first kappa shape index (κ1) is 20.3. The van der Waals surface area contributed by atoms with Crippen LogP contribution in [0.15, 0.2) is 58.5 Å². The van der Waals surface area contributed by atoms with Gasteiger partial charge in [-0.05, 0) is 43.0 Å². The van der Waals surface area contributed by atoms with E-state index in [1.807, 2.05) is 24.3 Å². The molecule has 0 spiro atoms. The van der Waals surface area contributed by atoms with Crippen molar-refractivity contribution in [3.8, 4) is 17.1 Å². The van der Waals surface area contributed by atoms with E-state index in [9.17, 15) is 0 Å². The van der Waals surface area contributed by atoms with Gasteiger partial charge in [0.25, 0.3) is 0 Å². The number of hydrogen-bond acceptors (Lipinski definition) is 7. The van der Waals surface area contributed by atoms with E-state index in [2.05, 4.69) is 62.8 Å². The Labute approximate surface area is 180 Å². The predicted octanol–water partition coefficient (Wildman–Crippen LogP) is 4.90. The lowest BCUT2D eigenvalue weighted by Gasteiger charge is -2.12. The van der Waals surface area contributed by atoms with E-state index in [1.165, 1.54) is 11.8 Å². The molecule has 3 aromatic heterocycles. The van der Waals surface area contributed by atoms with Crippen molar-refractivity contribution in [2.75, 3.05) is 0 Å². The third-order valence-corrected chi connectivity index (χ3v) is 5.62. The molecule has 0 aliphatic carbocycles. The van der Waals surface area contributed by atoms with E-state index in [1.54, 1.807) is 12.4 Å². The molecule has 0 N–H and O–H groups in total. The maximum Gasteiger partial charge on any atom is 0.237 e. The zero-order valence-corrected chi connectivity index (χ0v) is 18.1. The minimum atomic E-state index is 0.537. The highest BCUT2D eigenvalue weighted by atomic mass is 32.2. The van der Waals surface area contributed by atoms with Gasteiger partial charge in [-0.2, -0.15) is 4.98 Å². The number of rotatable bonds is 8. The van der Waals surface area contributed by atoms with E-state index in [0.29, 0.717) is 17.6 Å². The van der Waals surface area contributed by atoms with E-state index in [0.717, 1.165) is 46.5 Å². The molecular formula is C22H24N6OS. The van der Waals surface area contributed by atoms with Gasteiger partial charge in [-0.15, -0.1) is 10.2 Å².